The molecule has 1 aromatic rings. The molecule has 2 atom stereocenters. The molecule has 0 saturated carbocycles. The molecule has 1 aromatic carbocycles. The molecule has 4 heteroatoms. The number of nitrogens with two attached hydrogens (primary N) is 1. The van der Waals surface area contributed by atoms with Crippen LogP contribution < -0.4 is 11.1 Å². The molecule has 0 spiro atoms. The third-order valence-corrected chi connectivity index (χ3v) is 3.18. The number of nitrogens with one attached hydrogen (secondary N) is 1. The van der Waals surface area contributed by atoms with Crippen LogP contribution in [0.25, 0.3) is 0 Å². The van der Waals surface area contributed by atoms with Crippen molar-refractivity contribution in [3.05, 3.63) is 29.3 Å². The lowest BCUT2D eigenvalue weighted by molar-refractivity contribution is 0.0136. The maximum Gasteiger partial charge on any atom is 0.251 e. The molecule has 98 valence electrons. The summed E-state index contributed by atoms with van der Waals surface area (Å²) in [6, 6.07) is 5.62. The third kappa shape index (κ3) is 3.23. The second-order valence-corrected chi connectivity index (χ2v) is 5.01. The lowest BCUT2D eigenvalue weighted by atomic mass is 10.0. The number of hydrogen-bond acceptors (Lipinski definition) is 3. The van der Waals surface area contributed by atoms with Crippen LogP contribution in [0.5, 0.6) is 0 Å². The van der Waals surface area contributed by atoms with Gasteiger partial charge in [-0.05, 0) is 50.5 Å². The number of rotatable bonds is 2. The molecule has 1 amide bonds. The molecule has 1 saturated heterocycles. The first-order valence-corrected chi connectivity index (χ1v) is 6.34. The number of aryl methyl sites for hydroxylation is 1. The highest BCUT2D eigenvalue weighted by Gasteiger charge is 2.21. The normalized spacial score (nSPS) is 23.7. The fourth-order valence-electron chi connectivity index (χ4n) is 2.34. The molecular weight excluding hydrogens is 228 g/mol. The van der Waals surface area contributed by atoms with Crippen LogP contribution in [0.1, 0.15) is 35.7 Å². The van der Waals surface area contributed by atoms with E-state index in [-0.39, 0.29) is 18.1 Å². The first-order valence-electron chi connectivity index (χ1n) is 6.34. The van der Waals surface area contributed by atoms with Gasteiger partial charge in [0.25, 0.3) is 5.91 Å². The monoisotopic (exact) mass is 248 g/mol. The van der Waals surface area contributed by atoms with Crippen LogP contribution in [0.4, 0.5) is 5.69 Å². The van der Waals surface area contributed by atoms with E-state index in [0.29, 0.717) is 17.9 Å². The molecule has 2 rings (SSSR count). The van der Waals surface area contributed by atoms with Crippen LogP contribution >= 0.6 is 0 Å². The molecule has 4 nitrogen and oxygen atoms in total. The molecule has 2 unspecified atom stereocenters. The van der Waals surface area contributed by atoms with Crippen molar-refractivity contribution in [2.75, 3.05) is 12.3 Å². The van der Waals surface area contributed by atoms with Crippen molar-refractivity contribution in [3.8, 4) is 0 Å². The predicted octanol–water partition coefficient (Wildman–Crippen LogP) is 1.87. The minimum Gasteiger partial charge on any atom is -0.399 e. The summed E-state index contributed by atoms with van der Waals surface area (Å²) in [6.45, 7) is 4.68. The van der Waals surface area contributed by atoms with Gasteiger partial charge in [-0.15, -0.1) is 0 Å². The quantitative estimate of drug-likeness (QED) is 0.785. The van der Waals surface area contributed by atoms with Gasteiger partial charge < -0.3 is 15.8 Å². The Morgan fingerprint density at radius 1 is 1.44 bits per heavy atom. The zero-order chi connectivity index (χ0) is 13.1. The van der Waals surface area contributed by atoms with Gasteiger partial charge in [-0.2, -0.15) is 0 Å². The second-order valence-electron chi connectivity index (χ2n) is 5.01. The summed E-state index contributed by atoms with van der Waals surface area (Å²) in [5, 5.41) is 3.05. The van der Waals surface area contributed by atoms with Crippen molar-refractivity contribution in [3.63, 3.8) is 0 Å². The maximum absolute atomic E-state index is 12.1. The third-order valence-electron chi connectivity index (χ3n) is 3.18. The van der Waals surface area contributed by atoms with Gasteiger partial charge in [0.05, 0.1) is 6.10 Å². The number of carbonyl (C=O) groups is 1. The van der Waals surface area contributed by atoms with Crippen molar-refractivity contribution in [2.24, 2.45) is 0 Å². The fraction of sp³-hybridized carbons (Fsp3) is 0.500. The van der Waals surface area contributed by atoms with Gasteiger partial charge in [-0.25, -0.2) is 0 Å². The van der Waals surface area contributed by atoms with Gasteiger partial charge in [0.2, 0.25) is 0 Å². The van der Waals surface area contributed by atoms with Crippen LogP contribution in [0.2, 0.25) is 0 Å². The Balaban J connectivity index is 2.02. The summed E-state index contributed by atoms with van der Waals surface area (Å²) in [7, 11) is 0. The molecule has 0 radical (unpaired) electrons. The second kappa shape index (κ2) is 5.40. The van der Waals surface area contributed by atoms with Gasteiger partial charge in [-0.1, -0.05) is 0 Å². The first kappa shape index (κ1) is 12.9. The van der Waals surface area contributed by atoms with Gasteiger partial charge in [0.15, 0.2) is 0 Å². The highest BCUT2D eigenvalue weighted by Crippen LogP contribution is 2.15. The highest BCUT2D eigenvalue weighted by molar-refractivity contribution is 5.95. The highest BCUT2D eigenvalue weighted by atomic mass is 16.5. The lowest BCUT2D eigenvalue weighted by Gasteiger charge is -2.28. The van der Waals surface area contributed by atoms with E-state index in [2.05, 4.69) is 5.32 Å². The SMILES string of the molecule is Cc1cc(N)cc(C(=O)NC2CCOC(C)C2)c1. The Morgan fingerprint density at radius 2 is 2.22 bits per heavy atom. The summed E-state index contributed by atoms with van der Waals surface area (Å²) in [4.78, 5) is 12.1. The van der Waals surface area contributed by atoms with Gasteiger partial charge in [-0.3, -0.25) is 4.79 Å². The summed E-state index contributed by atoms with van der Waals surface area (Å²) in [5.74, 6) is -0.0514. The Morgan fingerprint density at radius 3 is 2.89 bits per heavy atom. The lowest BCUT2D eigenvalue weighted by Crippen LogP contribution is -2.41. The predicted molar refractivity (Wildman–Crippen MR) is 71.5 cm³/mol. The maximum atomic E-state index is 12.1. The van der Waals surface area contributed by atoms with Crippen molar-refractivity contribution >= 4 is 11.6 Å². The minimum atomic E-state index is -0.0514. The van der Waals surface area contributed by atoms with Gasteiger partial charge >= 0.3 is 0 Å². The summed E-state index contributed by atoms with van der Waals surface area (Å²) >= 11 is 0. The van der Waals surface area contributed by atoms with Crippen LogP contribution in [0.15, 0.2) is 18.2 Å². The van der Waals surface area contributed by atoms with E-state index in [1.54, 1.807) is 6.07 Å². The smallest absolute Gasteiger partial charge is 0.251 e. The zero-order valence-corrected chi connectivity index (χ0v) is 10.9. The largest absolute Gasteiger partial charge is 0.399 e. The average molecular weight is 248 g/mol. The Kier molecular flexibility index (Phi) is 3.87. The summed E-state index contributed by atoms with van der Waals surface area (Å²) in [5.41, 5.74) is 8.01. The first-order chi connectivity index (χ1) is 8.54. The molecule has 3 N–H and O–H groups in total. The Bertz CT molecular complexity index is 425. The molecule has 1 aliphatic rings. The molecule has 0 bridgehead atoms. The average Bonchev–Trinajstić information content (AvgIpc) is 2.27. The van der Waals surface area contributed by atoms with Crippen LogP contribution in [0, 0.1) is 6.92 Å². The van der Waals surface area contributed by atoms with E-state index in [4.69, 9.17) is 10.5 Å². The molecule has 1 aliphatic heterocycles. The zero-order valence-electron chi connectivity index (χ0n) is 10.9. The van der Waals surface area contributed by atoms with E-state index in [1.807, 2.05) is 26.0 Å². The van der Waals surface area contributed by atoms with E-state index < -0.39 is 0 Å². The number of nitrogen functional groups attached to an aromatic ring is 1. The number of amides is 1. The van der Waals surface area contributed by atoms with Crippen molar-refractivity contribution in [1.29, 1.82) is 0 Å². The Labute approximate surface area is 108 Å². The molecule has 18 heavy (non-hydrogen) atoms. The Hall–Kier alpha value is -1.55. The van der Waals surface area contributed by atoms with Gasteiger partial charge in [0, 0.05) is 23.9 Å². The molecule has 1 heterocycles. The molecule has 1 fully saturated rings. The number of benzene rings is 1. The van der Waals surface area contributed by atoms with E-state index in [0.717, 1.165) is 18.4 Å². The van der Waals surface area contributed by atoms with Crippen molar-refractivity contribution < 1.29 is 9.53 Å². The van der Waals surface area contributed by atoms with Gasteiger partial charge in [0.1, 0.15) is 0 Å². The minimum absolute atomic E-state index is 0.0514. The summed E-state index contributed by atoms with van der Waals surface area (Å²) in [6.07, 6.45) is 1.95. The molecular formula is C14H20N2O2. The standard InChI is InChI=1S/C14H20N2O2/c1-9-5-11(8-12(15)6-9)14(17)16-13-3-4-18-10(2)7-13/h5-6,8,10,13H,3-4,7,15H2,1-2H3,(H,16,17). The van der Waals surface area contributed by atoms with Crippen LogP contribution in [-0.2, 0) is 4.74 Å². The van der Waals surface area contributed by atoms with Crippen LogP contribution in [0.3, 0.4) is 0 Å². The van der Waals surface area contributed by atoms with Crippen molar-refractivity contribution in [2.45, 2.75) is 38.8 Å². The van der Waals surface area contributed by atoms with E-state index in [9.17, 15) is 4.79 Å². The summed E-state index contributed by atoms with van der Waals surface area (Å²) < 4.78 is 5.46. The number of hydrogen-bond donors (Lipinski definition) is 2. The van der Waals surface area contributed by atoms with Crippen LogP contribution in [-0.4, -0.2) is 24.7 Å². The fourth-order valence-corrected chi connectivity index (χ4v) is 2.34. The number of carbonyl (C=O) groups excluding carboxylic acids is 1. The van der Waals surface area contributed by atoms with Crippen molar-refractivity contribution in [1.82, 2.24) is 5.32 Å². The number of ether oxygens (including phenoxy) is 1. The number of anilines is 1. The van der Waals surface area contributed by atoms with E-state index >= 15 is 0 Å². The topological polar surface area (TPSA) is 64.4 Å². The molecule has 0 aromatic heterocycles. The van der Waals surface area contributed by atoms with E-state index in [1.165, 1.54) is 0 Å². The molecule has 0 aliphatic carbocycles.